The van der Waals surface area contributed by atoms with Gasteiger partial charge in [-0.25, -0.2) is 17.5 Å². The standard InChI is InChI=1S/C17H20ClFN4O3S/c1-10-16(11(2)21-20-10)27(25,26)22-12-6-8-23(9-7-12)17(24)15-13(18)4-3-5-14(15)19/h3-5,12,22H,6-9H2,1-2H3,(H,20,21). The average molecular weight is 415 g/mol. The Balaban J connectivity index is 1.67. The Morgan fingerprint density at radius 1 is 1.33 bits per heavy atom. The predicted molar refractivity (Wildman–Crippen MR) is 98.7 cm³/mol. The first kappa shape index (κ1) is 19.8. The smallest absolute Gasteiger partial charge is 0.258 e. The normalized spacial score (nSPS) is 15.9. The van der Waals surface area contributed by atoms with Gasteiger partial charge in [0.25, 0.3) is 5.91 Å². The Bertz CT molecular complexity index is 929. The maximum Gasteiger partial charge on any atom is 0.258 e. The van der Waals surface area contributed by atoms with Crippen molar-refractivity contribution in [1.82, 2.24) is 19.8 Å². The molecule has 2 N–H and O–H groups in total. The van der Waals surface area contributed by atoms with E-state index in [1.54, 1.807) is 13.8 Å². The summed E-state index contributed by atoms with van der Waals surface area (Å²) in [5.74, 6) is -1.15. The molecule has 1 aliphatic rings. The Kier molecular flexibility index (Phi) is 5.55. The van der Waals surface area contributed by atoms with Crippen molar-refractivity contribution in [3.8, 4) is 0 Å². The van der Waals surface area contributed by atoms with Gasteiger partial charge >= 0.3 is 0 Å². The number of amides is 1. The van der Waals surface area contributed by atoms with E-state index in [0.717, 1.165) is 0 Å². The molecule has 1 aromatic heterocycles. The molecule has 3 rings (SSSR count). The van der Waals surface area contributed by atoms with Crippen molar-refractivity contribution in [1.29, 1.82) is 0 Å². The fraction of sp³-hybridized carbons (Fsp3) is 0.412. The van der Waals surface area contributed by atoms with Crippen LogP contribution >= 0.6 is 11.6 Å². The third-order valence-electron chi connectivity index (χ3n) is 4.61. The largest absolute Gasteiger partial charge is 0.338 e. The Morgan fingerprint density at radius 3 is 2.56 bits per heavy atom. The number of rotatable bonds is 4. The number of carbonyl (C=O) groups excluding carboxylic acids is 1. The third-order valence-corrected chi connectivity index (χ3v) is 6.71. The van der Waals surface area contributed by atoms with E-state index in [-0.39, 0.29) is 21.5 Å². The van der Waals surface area contributed by atoms with Gasteiger partial charge in [-0.05, 0) is 38.8 Å². The number of aromatic amines is 1. The molecule has 7 nitrogen and oxygen atoms in total. The van der Waals surface area contributed by atoms with Gasteiger partial charge in [-0.1, -0.05) is 17.7 Å². The van der Waals surface area contributed by atoms with Crippen LogP contribution in [0, 0.1) is 19.7 Å². The minimum absolute atomic E-state index is 0.0636. The lowest BCUT2D eigenvalue weighted by Crippen LogP contribution is -2.46. The van der Waals surface area contributed by atoms with Crippen LogP contribution in [0.25, 0.3) is 0 Å². The SMILES string of the molecule is Cc1n[nH]c(C)c1S(=O)(=O)NC1CCN(C(=O)c2c(F)cccc2Cl)CC1. The summed E-state index contributed by atoms with van der Waals surface area (Å²) in [5, 5.41) is 6.64. The molecule has 1 aliphatic heterocycles. The number of halogens is 2. The number of H-pyrrole nitrogens is 1. The average Bonchev–Trinajstić information content (AvgIpc) is 2.94. The molecule has 146 valence electrons. The van der Waals surface area contributed by atoms with E-state index >= 15 is 0 Å². The highest BCUT2D eigenvalue weighted by Gasteiger charge is 2.30. The zero-order valence-corrected chi connectivity index (χ0v) is 16.5. The van der Waals surface area contributed by atoms with Crippen LogP contribution in [-0.2, 0) is 10.0 Å². The van der Waals surface area contributed by atoms with Crippen molar-refractivity contribution in [3.63, 3.8) is 0 Å². The number of aromatic nitrogens is 2. The number of likely N-dealkylation sites (tertiary alicyclic amines) is 1. The molecule has 0 atom stereocenters. The van der Waals surface area contributed by atoms with Crippen molar-refractivity contribution in [2.24, 2.45) is 0 Å². The van der Waals surface area contributed by atoms with E-state index in [9.17, 15) is 17.6 Å². The molecule has 1 aromatic carbocycles. The molecule has 0 spiro atoms. The molecule has 0 aliphatic carbocycles. The number of hydrogen-bond donors (Lipinski definition) is 2. The molecule has 2 heterocycles. The van der Waals surface area contributed by atoms with Crippen molar-refractivity contribution >= 4 is 27.5 Å². The predicted octanol–water partition coefficient (Wildman–Crippen LogP) is 2.40. The summed E-state index contributed by atoms with van der Waals surface area (Å²) in [6.07, 6.45) is 0.847. The van der Waals surface area contributed by atoms with Crippen LogP contribution in [0.1, 0.15) is 34.6 Å². The fourth-order valence-electron chi connectivity index (χ4n) is 3.28. The quantitative estimate of drug-likeness (QED) is 0.803. The first-order chi connectivity index (χ1) is 12.7. The number of benzene rings is 1. The second-order valence-corrected chi connectivity index (χ2v) is 8.61. The molecule has 1 saturated heterocycles. The maximum atomic E-state index is 14.0. The van der Waals surface area contributed by atoms with E-state index in [1.807, 2.05) is 0 Å². The van der Waals surface area contributed by atoms with Gasteiger partial charge in [-0.3, -0.25) is 9.89 Å². The number of carbonyl (C=O) groups is 1. The summed E-state index contributed by atoms with van der Waals surface area (Å²) >= 11 is 5.96. The number of sulfonamides is 1. The molecular weight excluding hydrogens is 395 g/mol. The minimum Gasteiger partial charge on any atom is -0.338 e. The summed E-state index contributed by atoms with van der Waals surface area (Å²) in [6.45, 7) is 3.88. The molecule has 0 unspecified atom stereocenters. The molecule has 10 heteroatoms. The van der Waals surface area contributed by atoms with Crippen LogP contribution in [0.3, 0.4) is 0 Å². The molecule has 0 bridgehead atoms. The number of nitrogens with zero attached hydrogens (tertiary/aromatic N) is 2. The maximum absolute atomic E-state index is 14.0. The Hall–Kier alpha value is -1.97. The summed E-state index contributed by atoms with van der Waals surface area (Å²) in [5.41, 5.74) is 0.728. The van der Waals surface area contributed by atoms with Gasteiger partial charge in [0.15, 0.2) is 0 Å². The zero-order valence-electron chi connectivity index (χ0n) is 14.9. The Morgan fingerprint density at radius 2 is 2.00 bits per heavy atom. The second kappa shape index (κ2) is 7.57. The molecule has 2 aromatic rings. The summed E-state index contributed by atoms with van der Waals surface area (Å²) in [4.78, 5) is 14.2. The molecule has 27 heavy (non-hydrogen) atoms. The number of nitrogens with one attached hydrogen (secondary N) is 2. The van der Waals surface area contributed by atoms with Gasteiger partial charge in [0.2, 0.25) is 10.0 Å². The summed E-state index contributed by atoms with van der Waals surface area (Å²) in [6, 6.07) is 3.78. The van der Waals surface area contributed by atoms with Gasteiger partial charge in [-0.15, -0.1) is 0 Å². The molecule has 0 saturated carbocycles. The first-order valence-corrected chi connectivity index (χ1v) is 10.3. The van der Waals surface area contributed by atoms with Crippen LogP contribution in [0.15, 0.2) is 23.1 Å². The lowest BCUT2D eigenvalue weighted by Gasteiger charge is -2.32. The first-order valence-electron chi connectivity index (χ1n) is 8.48. The third kappa shape index (κ3) is 3.99. The summed E-state index contributed by atoms with van der Waals surface area (Å²) < 4.78 is 41.9. The van der Waals surface area contributed by atoms with E-state index in [4.69, 9.17) is 11.6 Å². The minimum atomic E-state index is -3.71. The van der Waals surface area contributed by atoms with Crippen LogP contribution in [0.5, 0.6) is 0 Å². The summed E-state index contributed by atoms with van der Waals surface area (Å²) in [7, 11) is -3.71. The highest BCUT2D eigenvalue weighted by atomic mass is 35.5. The van der Waals surface area contributed by atoms with Crippen molar-refractivity contribution in [2.75, 3.05) is 13.1 Å². The van der Waals surface area contributed by atoms with Crippen LogP contribution in [0.2, 0.25) is 5.02 Å². The number of hydrogen-bond acceptors (Lipinski definition) is 4. The zero-order chi connectivity index (χ0) is 19.8. The van der Waals surface area contributed by atoms with Gasteiger partial charge in [0.1, 0.15) is 10.7 Å². The molecule has 0 radical (unpaired) electrons. The van der Waals surface area contributed by atoms with E-state index in [0.29, 0.717) is 37.3 Å². The number of piperidine rings is 1. The van der Waals surface area contributed by atoms with Crippen LogP contribution < -0.4 is 4.72 Å². The van der Waals surface area contributed by atoms with Gasteiger partial charge in [-0.2, -0.15) is 5.10 Å². The highest BCUT2D eigenvalue weighted by molar-refractivity contribution is 7.89. The lowest BCUT2D eigenvalue weighted by molar-refractivity contribution is 0.0707. The lowest BCUT2D eigenvalue weighted by atomic mass is 10.0. The monoisotopic (exact) mass is 414 g/mol. The fourth-order valence-corrected chi connectivity index (χ4v) is 5.20. The Labute approximate surface area is 162 Å². The highest BCUT2D eigenvalue weighted by Crippen LogP contribution is 2.24. The molecule has 1 fully saturated rings. The second-order valence-electron chi connectivity index (χ2n) is 6.55. The van der Waals surface area contributed by atoms with Gasteiger partial charge in [0, 0.05) is 19.1 Å². The van der Waals surface area contributed by atoms with Crippen molar-refractivity contribution in [3.05, 3.63) is 46.0 Å². The topological polar surface area (TPSA) is 95.2 Å². The van der Waals surface area contributed by atoms with Crippen molar-refractivity contribution < 1.29 is 17.6 Å². The van der Waals surface area contributed by atoms with E-state index < -0.39 is 21.7 Å². The molecular formula is C17H20ClFN4O3S. The van der Waals surface area contributed by atoms with E-state index in [2.05, 4.69) is 14.9 Å². The van der Waals surface area contributed by atoms with Gasteiger partial charge in [0.05, 0.1) is 22.0 Å². The van der Waals surface area contributed by atoms with E-state index in [1.165, 1.54) is 23.1 Å². The van der Waals surface area contributed by atoms with Crippen LogP contribution in [-0.4, -0.2) is 48.6 Å². The van der Waals surface area contributed by atoms with Crippen molar-refractivity contribution in [2.45, 2.75) is 37.6 Å². The molecule has 1 amide bonds. The van der Waals surface area contributed by atoms with Crippen LogP contribution in [0.4, 0.5) is 4.39 Å². The van der Waals surface area contributed by atoms with Gasteiger partial charge < -0.3 is 4.90 Å². The number of aryl methyl sites for hydroxylation is 2.